The van der Waals surface area contributed by atoms with Crippen molar-refractivity contribution in [2.75, 3.05) is 0 Å². The average Bonchev–Trinajstić information content (AvgIpc) is 3.26. The molecule has 1 heterocycles. The van der Waals surface area contributed by atoms with E-state index in [1.165, 1.54) is 116 Å². The number of hydrogen-bond acceptors (Lipinski definition) is 1. The number of hydrogen-bond donors (Lipinski definition) is 0. The average molecular weight is 405 g/mol. The Morgan fingerprint density at radius 3 is 1.52 bits per heavy atom. The Balaban J connectivity index is 1.90. The predicted molar refractivity (Wildman–Crippen MR) is 129 cm³/mol. The van der Waals surface area contributed by atoms with Gasteiger partial charge in [-0.25, -0.2) is 4.98 Å². The molecule has 2 nitrogen and oxygen atoms in total. The molecule has 0 N–H and O–H groups in total. The first-order valence-corrected chi connectivity index (χ1v) is 13.1. The number of unbranched alkanes of at least 4 members (excludes halogenated alkanes) is 15. The SMILES string of the molecule is CCCCCCCCCCCCCCCCCC[C@H](CC)C(C)(C)n1ccnc1. The Morgan fingerprint density at radius 2 is 1.14 bits per heavy atom. The van der Waals surface area contributed by atoms with Crippen molar-refractivity contribution < 1.29 is 0 Å². The van der Waals surface area contributed by atoms with E-state index >= 15 is 0 Å². The molecule has 0 saturated heterocycles. The molecule has 1 aromatic rings. The van der Waals surface area contributed by atoms with Gasteiger partial charge in [-0.05, 0) is 26.2 Å². The molecule has 29 heavy (non-hydrogen) atoms. The Bertz CT molecular complexity index is 449. The Labute approximate surface area is 183 Å². The van der Waals surface area contributed by atoms with Crippen LogP contribution in [0.15, 0.2) is 18.7 Å². The summed E-state index contributed by atoms with van der Waals surface area (Å²) in [6.45, 7) is 9.38. The van der Waals surface area contributed by atoms with Crippen molar-refractivity contribution in [3.05, 3.63) is 18.7 Å². The van der Waals surface area contributed by atoms with Crippen LogP contribution in [0.3, 0.4) is 0 Å². The number of rotatable bonds is 20. The molecule has 1 atom stereocenters. The third-order valence-electron chi connectivity index (χ3n) is 7.07. The van der Waals surface area contributed by atoms with Gasteiger partial charge in [-0.3, -0.25) is 0 Å². The summed E-state index contributed by atoms with van der Waals surface area (Å²) >= 11 is 0. The van der Waals surface area contributed by atoms with Crippen LogP contribution in [0.5, 0.6) is 0 Å². The highest BCUT2D eigenvalue weighted by atomic mass is 15.1. The normalized spacial score (nSPS) is 13.1. The van der Waals surface area contributed by atoms with E-state index in [0.717, 1.165) is 5.92 Å². The zero-order valence-corrected chi connectivity index (χ0v) is 20.4. The smallest absolute Gasteiger partial charge is 0.0951 e. The molecule has 170 valence electrons. The van der Waals surface area contributed by atoms with Gasteiger partial charge in [0.25, 0.3) is 0 Å². The second kappa shape index (κ2) is 16.9. The van der Waals surface area contributed by atoms with Crippen molar-refractivity contribution in [1.29, 1.82) is 0 Å². The Hall–Kier alpha value is -0.790. The van der Waals surface area contributed by atoms with Gasteiger partial charge in [0.15, 0.2) is 0 Å². The molecule has 1 aromatic heterocycles. The molecule has 0 saturated carbocycles. The van der Waals surface area contributed by atoms with Crippen LogP contribution in [-0.4, -0.2) is 9.55 Å². The fraction of sp³-hybridized carbons (Fsp3) is 0.889. The zero-order chi connectivity index (χ0) is 21.2. The highest BCUT2D eigenvalue weighted by molar-refractivity contribution is 4.90. The molecule has 0 aliphatic rings. The predicted octanol–water partition coefficient (Wildman–Crippen LogP) is 9.30. The van der Waals surface area contributed by atoms with Crippen molar-refractivity contribution in [2.24, 2.45) is 5.92 Å². The van der Waals surface area contributed by atoms with E-state index in [9.17, 15) is 0 Å². The topological polar surface area (TPSA) is 17.8 Å². The van der Waals surface area contributed by atoms with Crippen LogP contribution >= 0.6 is 0 Å². The van der Waals surface area contributed by atoms with E-state index < -0.39 is 0 Å². The van der Waals surface area contributed by atoms with Gasteiger partial charge in [-0.1, -0.05) is 123 Å². The lowest BCUT2D eigenvalue weighted by atomic mass is 9.81. The molecule has 0 aliphatic heterocycles. The van der Waals surface area contributed by atoms with Crippen molar-refractivity contribution in [2.45, 2.75) is 149 Å². The second-order valence-electron chi connectivity index (χ2n) is 9.82. The van der Waals surface area contributed by atoms with Gasteiger partial charge < -0.3 is 4.57 Å². The third kappa shape index (κ3) is 11.8. The molecule has 2 heteroatoms. The maximum absolute atomic E-state index is 4.25. The molecule has 1 rings (SSSR count). The second-order valence-corrected chi connectivity index (χ2v) is 9.82. The van der Waals surface area contributed by atoms with E-state index in [4.69, 9.17) is 0 Å². The van der Waals surface area contributed by atoms with Crippen molar-refractivity contribution >= 4 is 0 Å². The monoisotopic (exact) mass is 404 g/mol. The van der Waals surface area contributed by atoms with E-state index in [0.29, 0.717) is 0 Å². The minimum atomic E-state index is 0.181. The number of aromatic nitrogens is 2. The molecular formula is C27H52N2. The summed E-state index contributed by atoms with van der Waals surface area (Å²) in [5.74, 6) is 0.739. The minimum Gasteiger partial charge on any atom is -0.332 e. The summed E-state index contributed by atoms with van der Waals surface area (Å²) < 4.78 is 2.30. The maximum atomic E-state index is 4.25. The van der Waals surface area contributed by atoms with Crippen LogP contribution in [0.2, 0.25) is 0 Å². The van der Waals surface area contributed by atoms with E-state index in [-0.39, 0.29) is 5.54 Å². The van der Waals surface area contributed by atoms with Gasteiger partial charge in [-0.2, -0.15) is 0 Å². The summed E-state index contributed by atoms with van der Waals surface area (Å²) in [4.78, 5) is 4.25. The molecule has 0 aromatic carbocycles. The van der Waals surface area contributed by atoms with E-state index in [1.54, 1.807) is 0 Å². The fourth-order valence-electron chi connectivity index (χ4n) is 4.81. The molecule has 0 unspecified atom stereocenters. The lowest BCUT2D eigenvalue weighted by Gasteiger charge is -2.35. The number of imidazole rings is 1. The molecule has 0 aliphatic carbocycles. The van der Waals surface area contributed by atoms with Crippen molar-refractivity contribution in [3.8, 4) is 0 Å². The quantitative estimate of drug-likeness (QED) is 0.198. The Kier molecular flexibility index (Phi) is 15.3. The molecule has 0 amide bonds. The van der Waals surface area contributed by atoms with E-state index in [1.807, 2.05) is 12.5 Å². The minimum absolute atomic E-state index is 0.181. The van der Waals surface area contributed by atoms with Crippen LogP contribution in [-0.2, 0) is 5.54 Å². The van der Waals surface area contributed by atoms with Crippen LogP contribution in [0.4, 0.5) is 0 Å². The first-order valence-electron chi connectivity index (χ1n) is 13.1. The molecule has 0 radical (unpaired) electrons. The lowest BCUT2D eigenvalue weighted by molar-refractivity contribution is 0.191. The highest BCUT2D eigenvalue weighted by Crippen LogP contribution is 2.32. The van der Waals surface area contributed by atoms with E-state index in [2.05, 4.69) is 43.4 Å². The van der Waals surface area contributed by atoms with Crippen LogP contribution < -0.4 is 0 Å². The summed E-state index contributed by atoms with van der Waals surface area (Å²) in [5, 5.41) is 0. The molecular weight excluding hydrogens is 352 g/mol. The Morgan fingerprint density at radius 1 is 0.690 bits per heavy atom. The highest BCUT2D eigenvalue weighted by Gasteiger charge is 2.28. The molecule has 0 bridgehead atoms. The third-order valence-corrected chi connectivity index (χ3v) is 7.07. The standard InChI is InChI=1S/C27H52N2/c1-5-7-8-9-10-11-12-13-14-15-16-17-18-19-20-21-22-26(6-2)27(3,4)29-24-23-28-25-29/h23-26H,5-22H2,1-4H3/t26-/m0/s1. The van der Waals surface area contributed by atoms with Gasteiger partial charge in [-0.15, -0.1) is 0 Å². The summed E-state index contributed by atoms with van der Waals surface area (Å²) in [5.41, 5.74) is 0.181. The van der Waals surface area contributed by atoms with Gasteiger partial charge in [0.2, 0.25) is 0 Å². The fourth-order valence-corrected chi connectivity index (χ4v) is 4.81. The van der Waals surface area contributed by atoms with Gasteiger partial charge in [0.1, 0.15) is 0 Å². The van der Waals surface area contributed by atoms with Crippen LogP contribution in [0, 0.1) is 5.92 Å². The van der Waals surface area contributed by atoms with Gasteiger partial charge in [0.05, 0.1) is 6.33 Å². The zero-order valence-electron chi connectivity index (χ0n) is 20.4. The van der Waals surface area contributed by atoms with Crippen molar-refractivity contribution in [3.63, 3.8) is 0 Å². The molecule has 0 spiro atoms. The van der Waals surface area contributed by atoms with Gasteiger partial charge in [0, 0.05) is 17.9 Å². The van der Waals surface area contributed by atoms with Crippen LogP contribution in [0.1, 0.15) is 143 Å². The lowest BCUT2D eigenvalue weighted by Crippen LogP contribution is -2.34. The summed E-state index contributed by atoms with van der Waals surface area (Å²) in [7, 11) is 0. The number of nitrogens with zero attached hydrogens (tertiary/aromatic N) is 2. The summed E-state index contributed by atoms with van der Waals surface area (Å²) in [6, 6.07) is 0. The summed E-state index contributed by atoms with van der Waals surface area (Å²) in [6.07, 6.45) is 31.7. The molecule has 0 fully saturated rings. The first-order chi connectivity index (χ1) is 14.1. The van der Waals surface area contributed by atoms with Crippen LogP contribution in [0.25, 0.3) is 0 Å². The van der Waals surface area contributed by atoms with Gasteiger partial charge >= 0.3 is 0 Å². The largest absolute Gasteiger partial charge is 0.332 e. The first kappa shape index (κ1) is 26.2. The van der Waals surface area contributed by atoms with Crippen molar-refractivity contribution in [1.82, 2.24) is 9.55 Å². The maximum Gasteiger partial charge on any atom is 0.0951 e.